The fraction of sp³-hybridized carbons (Fsp3) is 0.286. The fourth-order valence-corrected chi connectivity index (χ4v) is 2.41. The van der Waals surface area contributed by atoms with Gasteiger partial charge in [-0.2, -0.15) is 0 Å². The van der Waals surface area contributed by atoms with Gasteiger partial charge in [-0.1, -0.05) is 6.07 Å². The minimum Gasteiger partial charge on any atom is -0.497 e. The van der Waals surface area contributed by atoms with Crippen LogP contribution < -0.4 is 4.74 Å². The number of methoxy groups -OCH3 is 1. The Hall–Kier alpha value is -1.95. The number of hydrogen-bond acceptors (Lipinski definition) is 5. The van der Waals surface area contributed by atoms with Crippen LogP contribution in [0.5, 0.6) is 5.75 Å². The maximum Gasteiger partial charge on any atom is 0.313 e. The molecule has 0 saturated carbocycles. The molecule has 0 amide bonds. The summed E-state index contributed by atoms with van der Waals surface area (Å²) in [5, 5.41) is 8.62. The summed E-state index contributed by atoms with van der Waals surface area (Å²) < 4.78 is 10.8. The van der Waals surface area contributed by atoms with Gasteiger partial charge >= 0.3 is 5.97 Å². The van der Waals surface area contributed by atoms with Crippen LogP contribution in [0, 0.1) is 6.92 Å². The van der Waals surface area contributed by atoms with Crippen LogP contribution in [-0.2, 0) is 10.5 Å². The molecule has 0 aliphatic carbocycles. The SMILES string of the molecule is COc1cccc(-c2nc(CSCC(=O)O)c(C)o2)c1. The molecule has 2 aromatic rings. The average Bonchev–Trinajstić information content (AvgIpc) is 2.80. The van der Waals surface area contributed by atoms with Crippen molar-refractivity contribution in [1.29, 1.82) is 0 Å². The Morgan fingerprint density at radius 3 is 3.00 bits per heavy atom. The van der Waals surface area contributed by atoms with Crippen molar-refractivity contribution in [3.63, 3.8) is 0 Å². The second-order valence-corrected chi connectivity index (χ2v) is 5.13. The van der Waals surface area contributed by atoms with E-state index >= 15 is 0 Å². The van der Waals surface area contributed by atoms with Crippen LogP contribution in [0.2, 0.25) is 0 Å². The van der Waals surface area contributed by atoms with Crippen LogP contribution in [0.25, 0.3) is 11.5 Å². The number of nitrogens with zero attached hydrogens (tertiary/aromatic N) is 1. The molecule has 0 aliphatic heterocycles. The molecule has 1 aromatic heterocycles. The van der Waals surface area contributed by atoms with Crippen LogP contribution in [-0.4, -0.2) is 28.9 Å². The minimum atomic E-state index is -0.829. The van der Waals surface area contributed by atoms with Crippen molar-refractivity contribution in [2.24, 2.45) is 0 Å². The van der Waals surface area contributed by atoms with Gasteiger partial charge < -0.3 is 14.3 Å². The molecule has 0 bridgehead atoms. The summed E-state index contributed by atoms with van der Waals surface area (Å²) in [6.45, 7) is 1.83. The number of oxazole rings is 1. The minimum absolute atomic E-state index is 0.0563. The second kappa shape index (κ2) is 6.47. The van der Waals surface area contributed by atoms with E-state index in [0.29, 0.717) is 17.4 Å². The Morgan fingerprint density at radius 2 is 2.30 bits per heavy atom. The van der Waals surface area contributed by atoms with E-state index in [1.807, 2.05) is 31.2 Å². The van der Waals surface area contributed by atoms with E-state index in [0.717, 1.165) is 17.0 Å². The van der Waals surface area contributed by atoms with Gasteiger partial charge in [0.05, 0.1) is 18.6 Å². The van der Waals surface area contributed by atoms with E-state index in [4.69, 9.17) is 14.3 Å². The van der Waals surface area contributed by atoms with Gasteiger partial charge in [-0.3, -0.25) is 4.79 Å². The predicted octanol–water partition coefficient (Wildman–Crippen LogP) is 2.98. The Labute approximate surface area is 121 Å². The molecule has 0 spiro atoms. The predicted molar refractivity (Wildman–Crippen MR) is 77.0 cm³/mol. The molecule has 1 N–H and O–H groups in total. The third kappa shape index (κ3) is 3.54. The molecule has 6 heteroatoms. The maximum atomic E-state index is 10.5. The second-order valence-electron chi connectivity index (χ2n) is 4.14. The van der Waals surface area contributed by atoms with Gasteiger partial charge in [0.25, 0.3) is 0 Å². The molecule has 106 valence electrons. The Balaban J connectivity index is 2.15. The average molecular weight is 293 g/mol. The third-order valence-electron chi connectivity index (χ3n) is 2.67. The summed E-state index contributed by atoms with van der Waals surface area (Å²) in [5.74, 6) is 1.71. The number of aliphatic carboxylic acids is 1. The molecule has 0 radical (unpaired) electrons. The van der Waals surface area contributed by atoms with E-state index in [9.17, 15) is 4.79 Å². The summed E-state index contributed by atoms with van der Waals surface area (Å²) in [7, 11) is 1.61. The number of aryl methyl sites for hydroxylation is 1. The standard InChI is InChI=1S/C14H15NO4S/c1-9-12(7-20-8-13(16)17)15-14(19-9)10-4-3-5-11(6-10)18-2/h3-6H,7-8H2,1-2H3,(H,16,17). The topological polar surface area (TPSA) is 72.6 Å². The van der Waals surface area contributed by atoms with Gasteiger partial charge in [0.1, 0.15) is 11.5 Å². The molecular weight excluding hydrogens is 278 g/mol. The van der Waals surface area contributed by atoms with E-state index in [-0.39, 0.29) is 5.75 Å². The van der Waals surface area contributed by atoms with Crippen molar-refractivity contribution in [3.05, 3.63) is 35.7 Å². The highest BCUT2D eigenvalue weighted by Crippen LogP contribution is 2.26. The van der Waals surface area contributed by atoms with E-state index in [2.05, 4.69) is 4.98 Å². The zero-order chi connectivity index (χ0) is 14.5. The van der Waals surface area contributed by atoms with Crippen molar-refractivity contribution >= 4 is 17.7 Å². The molecule has 0 unspecified atom stereocenters. The first kappa shape index (κ1) is 14.5. The quantitative estimate of drug-likeness (QED) is 0.882. The zero-order valence-corrected chi connectivity index (χ0v) is 12.1. The number of rotatable bonds is 6. The maximum absolute atomic E-state index is 10.5. The number of carboxylic acid groups (broad SMARTS) is 1. The van der Waals surface area contributed by atoms with Crippen LogP contribution in [0.15, 0.2) is 28.7 Å². The van der Waals surface area contributed by atoms with E-state index < -0.39 is 5.97 Å². The summed E-state index contributed by atoms with van der Waals surface area (Å²) in [5.41, 5.74) is 1.61. The normalized spacial score (nSPS) is 10.5. The van der Waals surface area contributed by atoms with Crippen LogP contribution >= 0.6 is 11.8 Å². The van der Waals surface area contributed by atoms with E-state index in [1.165, 1.54) is 11.8 Å². The van der Waals surface area contributed by atoms with Crippen molar-refractivity contribution in [2.45, 2.75) is 12.7 Å². The van der Waals surface area contributed by atoms with E-state index in [1.54, 1.807) is 7.11 Å². The summed E-state index contributed by atoms with van der Waals surface area (Å²) in [6, 6.07) is 7.46. The van der Waals surface area contributed by atoms with Crippen LogP contribution in [0.3, 0.4) is 0 Å². The lowest BCUT2D eigenvalue weighted by molar-refractivity contribution is -0.133. The van der Waals surface area contributed by atoms with Crippen molar-refractivity contribution in [1.82, 2.24) is 4.98 Å². The monoisotopic (exact) mass is 293 g/mol. The lowest BCUT2D eigenvalue weighted by Crippen LogP contribution is -1.98. The van der Waals surface area contributed by atoms with Crippen molar-refractivity contribution < 1.29 is 19.1 Å². The van der Waals surface area contributed by atoms with Crippen LogP contribution in [0.1, 0.15) is 11.5 Å². The molecule has 5 nitrogen and oxygen atoms in total. The van der Waals surface area contributed by atoms with Gasteiger partial charge in [-0.05, 0) is 25.1 Å². The fourth-order valence-electron chi connectivity index (χ4n) is 1.68. The highest BCUT2D eigenvalue weighted by molar-refractivity contribution is 7.99. The molecular formula is C14H15NO4S. The van der Waals surface area contributed by atoms with Gasteiger partial charge in [-0.25, -0.2) is 4.98 Å². The lowest BCUT2D eigenvalue weighted by Gasteiger charge is -2.00. The Bertz CT molecular complexity index is 609. The van der Waals surface area contributed by atoms with Crippen molar-refractivity contribution in [3.8, 4) is 17.2 Å². The summed E-state index contributed by atoms with van der Waals surface area (Å²) in [6.07, 6.45) is 0. The van der Waals surface area contributed by atoms with Gasteiger partial charge in [0.2, 0.25) is 5.89 Å². The largest absolute Gasteiger partial charge is 0.497 e. The smallest absolute Gasteiger partial charge is 0.313 e. The molecule has 1 heterocycles. The Morgan fingerprint density at radius 1 is 1.50 bits per heavy atom. The molecule has 0 atom stereocenters. The molecule has 2 rings (SSSR count). The van der Waals surface area contributed by atoms with Crippen LogP contribution in [0.4, 0.5) is 0 Å². The number of benzene rings is 1. The van der Waals surface area contributed by atoms with Crippen molar-refractivity contribution in [2.75, 3.05) is 12.9 Å². The number of carboxylic acids is 1. The first-order chi connectivity index (χ1) is 9.60. The summed E-state index contributed by atoms with van der Waals surface area (Å²) in [4.78, 5) is 14.9. The van der Waals surface area contributed by atoms with Gasteiger partial charge in [0, 0.05) is 11.3 Å². The highest BCUT2D eigenvalue weighted by Gasteiger charge is 2.12. The summed E-state index contributed by atoms with van der Waals surface area (Å²) >= 11 is 1.30. The molecule has 0 aliphatic rings. The molecule has 1 aromatic carbocycles. The third-order valence-corrected chi connectivity index (χ3v) is 3.60. The zero-order valence-electron chi connectivity index (χ0n) is 11.3. The highest BCUT2D eigenvalue weighted by atomic mass is 32.2. The first-order valence-electron chi connectivity index (χ1n) is 6.00. The first-order valence-corrected chi connectivity index (χ1v) is 7.16. The number of ether oxygens (including phenoxy) is 1. The lowest BCUT2D eigenvalue weighted by atomic mass is 10.2. The van der Waals surface area contributed by atoms with Gasteiger partial charge in [-0.15, -0.1) is 11.8 Å². The molecule has 20 heavy (non-hydrogen) atoms. The number of aromatic nitrogens is 1. The molecule has 0 saturated heterocycles. The Kier molecular flexibility index (Phi) is 4.68. The number of hydrogen-bond donors (Lipinski definition) is 1. The van der Waals surface area contributed by atoms with Gasteiger partial charge in [0.15, 0.2) is 0 Å². The number of thioether (sulfide) groups is 1. The molecule has 0 fully saturated rings. The number of carbonyl (C=O) groups is 1.